The number of aryl methyl sites for hydroxylation is 2. The molecule has 3 nitrogen and oxygen atoms in total. The Balaban J connectivity index is 0.000000280. The molecule has 0 aliphatic carbocycles. The van der Waals surface area contributed by atoms with Crippen molar-refractivity contribution in [1.29, 1.82) is 0 Å². The van der Waals surface area contributed by atoms with E-state index in [0.29, 0.717) is 5.89 Å². The van der Waals surface area contributed by atoms with Crippen LogP contribution in [0.25, 0.3) is 11.5 Å². The Morgan fingerprint density at radius 3 is 2.00 bits per heavy atom. The first-order chi connectivity index (χ1) is 8.27. The normalized spacial score (nSPS) is 10.8. The lowest BCUT2D eigenvalue weighted by atomic mass is 10.2. The average molecular weight is 262 g/mol. The number of hydrogen-bond donors (Lipinski definition) is 0. The molecule has 0 aliphatic rings. The molecule has 0 radical (unpaired) electrons. The fourth-order valence-electron chi connectivity index (χ4n) is 1.13. The van der Waals surface area contributed by atoms with Crippen LogP contribution in [0.4, 0.5) is 17.3 Å². The summed E-state index contributed by atoms with van der Waals surface area (Å²) in [5.74, 6) is 1.47. The Labute approximate surface area is 101 Å². The van der Waals surface area contributed by atoms with Gasteiger partial charge in [-0.1, -0.05) is 22.9 Å². The summed E-state index contributed by atoms with van der Waals surface area (Å²) in [5, 5.41) is 4.23. The summed E-state index contributed by atoms with van der Waals surface area (Å²) in [4.78, 5) is 0. The van der Waals surface area contributed by atoms with Crippen LogP contribution in [0.3, 0.4) is 0 Å². The molecule has 1 heterocycles. The quantitative estimate of drug-likeness (QED) is 0.449. The zero-order chi connectivity index (χ0) is 13.8. The molecule has 0 atom stereocenters. The minimum absolute atomic E-state index is 0.667. The smallest absolute Gasteiger partial charge is 0.418 e. The summed E-state index contributed by atoms with van der Waals surface area (Å²) in [5.41, 5.74) is 1.01. The molecule has 0 bridgehead atoms. The van der Waals surface area contributed by atoms with Crippen molar-refractivity contribution in [3.8, 4) is 11.5 Å². The lowest BCUT2D eigenvalue weighted by Crippen LogP contribution is -2.32. The van der Waals surface area contributed by atoms with Gasteiger partial charge in [-0.3, -0.25) is 0 Å². The molecule has 1 aromatic heterocycles. The maximum Gasteiger partial charge on any atom is 0.673 e. The largest absolute Gasteiger partial charge is 0.673 e. The second kappa shape index (κ2) is 5.66. The SMILES string of the molecule is Cc1oc(-c2ccccc2)n[n+]1C.F[B-](F)(F)F. The van der Waals surface area contributed by atoms with Crippen LogP contribution in [0.5, 0.6) is 0 Å². The molecule has 18 heavy (non-hydrogen) atoms. The second-order valence-electron chi connectivity index (χ2n) is 3.41. The molecule has 0 N–H and O–H groups in total. The molecule has 98 valence electrons. The number of rotatable bonds is 1. The Hall–Kier alpha value is -1.86. The maximum absolute atomic E-state index is 9.75. The van der Waals surface area contributed by atoms with E-state index in [0.717, 1.165) is 11.5 Å². The summed E-state index contributed by atoms with van der Waals surface area (Å²) < 4.78 is 46.2. The van der Waals surface area contributed by atoms with Gasteiger partial charge in [-0.15, -0.1) is 0 Å². The van der Waals surface area contributed by atoms with Crippen molar-refractivity contribution < 1.29 is 26.4 Å². The molecule has 2 aromatic rings. The first-order valence-electron chi connectivity index (χ1n) is 5.04. The number of hydrogen-bond acceptors (Lipinski definition) is 2. The molecule has 0 amide bonds. The van der Waals surface area contributed by atoms with Gasteiger partial charge in [0.15, 0.2) is 7.05 Å². The highest BCUT2D eigenvalue weighted by Crippen LogP contribution is 2.15. The van der Waals surface area contributed by atoms with Crippen molar-refractivity contribution in [3.05, 3.63) is 36.2 Å². The van der Waals surface area contributed by atoms with E-state index in [1.54, 1.807) is 4.68 Å². The minimum atomic E-state index is -6.00. The average Bonchev–Trinajstić information content (AvgIpc) is 2.58. The molecule has 0 saturated carbocycles. The van der Waals surface area contributed by atoms with Crippen molar-refractivity contribution in [2.75, 3.05) is 0 Å². The van der Waals surface area contributed by atoms with Crippen molar-refractivity contribution in [1.82, 2.24) is 5.10 Å². The van der Waals surface area contributed by atoms with Crippen LogP contribution in [0.2, 0.25) is 0 Å². The molecular weight excluding hydrogens is 251 g/mol. The van der Waals surface area contributed by atoms with E-state index in [2.05, 4.69) is 5.10 Å². The van der Waals surface area contributed by atoms with Crippen LogP contribution in [-0.2, 0) is 7.05 Å². The molecular formula is C10H11BF4N2O. The van der Waals surface area contributed by atoms with Gasteiger partial charge in [0.05, 0.1) is 6.92 Å². The Bertz CT molecular complexity index is 473. The van der Waals surface area contributed by atoms with Crippen molar-refractivity contribution in [2.45, 2.75) is 6.92 Å². The summed E-state index contributed by atoms with van der Waals surface area (Å²) in [6.07, 6.45) is 0. The van der Waals surface area contributed by atoms with E-state index in [-0.39, 0.29) is 0 Å². The predicted octanol–water partition coefficient (Wildman–Crippen LogP) is 2.77. The van der Waals surface area contributed by atoms with Gasteiger partial charge in [0.2, 0.25) is 0 Å². The molecule has 8 heteroatoms. The fraction of sp³-hybridized carbons (Fsp3) is 0.200. The summed E-state index contributed by atoms with van der Waals surface area (Å²) in [6.45, 7) is 1.89. The molecule has 1 aromatic carbocycles. The standard InChI is InChI=1S/C10H11N2O.BF4/c1-8-12(2)11-10(13-8)9-6-4-3-5-7-9;2-1(3,4)5/h3-7H,1-2H3;/q+1;-1. The van der Waals surface area contributed by atoms with E-state index < -0.39 is 7.25 Å². The van der Waals surface area contributed by atoms with Crippen LogP contribution in [-0.4, -0.2) is 12.4 Å². The van der Waals surface area contributed by atoms with Crippen molar-refractivity contribution in [3.63, 3.8) is 0 Å². The van der Waals surface area contributed by atoms with Gasteiger partial charge in [-0.2, -0.15) is 0 Å². The number of benzene rings is 1. The highest BCUT2D eigenvalue weighted by Gasteiger charge is 2.20. The molecule has 0 saturated heterocycles. The topological polar surface area (TPSA) is 29.9 Å². The Morgan fingerprint density at radius 1 is 1.11 bits per heavy atom. The van der Waals surface area contributed by atoms with E-state index in [1.807, 2.05) is 44.3 Å². The van der Waals surface area contributed by atoms with E-state index in [9.17, 15) is 17.3 Å². The van der Waals surface area contributed by atoms with E-state index in [1.165, 1.54) is 0 Å². The number of nitrogens with zero attached hydrogens (tertiary/aromatic N) is 2. The van der Waals surface area contributed by atoms with Crippen LogP contribution >= 0.6 is 0 Å². The van der Waals surface area contributed by atoms with Crippen molar-refractivity contribution in [2.24, 2.45) is 7.05 Å². The van der Waals surface area contributed by atoms with Gasteiger partial charge in [0.1, 0.15) is 0 Å². The highest BCUT2D eigenvalue weighted by molar-refractivity contribution is 6.50. The van der Waals surface area contributed by atoms with Gasteiger partial charge < -0.3 is 21.7 Å². The zero-order valence-corrected chi connectivity index (χ0v) is 9.78. The Morgan fingerprint density at radius 2 is 1.61 bits per heavy atom. The number of halogens is 4. The summed E-state index contributed by atoms with van der Waals surface area (Å²) in [6, 6.07) is 9.86. The van der Waals surface area contributed by atoms with Crippen LogP contribution in [0.1, 0.15) is 5.89 Å². The van der Waals surface area contributed by atoms with E-state index in [4.69, 9.17) is 4.42 Å². The third kappa shape index (κ3) is 4.98. The predicted molar refractivity (Wildman–Crippen MR) is 58.0 cm³/mol. The summed E-state index contributed by atoms with van der Waals surface area (Å²) in [7, 11) is -4.13. The molecule has 2 rings (SSSR count). The third-order valence-corrected chi connectivity index (χ3v) is 1.96. The summed E-state index contributed by atoms with van der Waals surface area (Å²) >= 11 is 0. The second-order valence-corrected chi connectivity index (χ2v) is 3.41. The third-order valence-electron chi connectivity index (χ3n) is 1.96. The monoisotopic (exact) mass is 262 g/mol. The van der Waals surface area contributed by atoms with Gasteiger partial charge in [-0.25, -0.2) is 0 Å². The van der Waals surface area contributed by atoms with Gasteiger partial charge in [-0.05, 0) is 12.1 Å². The molecule has 0 spiro atoms. The van der Waals surface area contributed by atoms with Crippen LogP contribution in [0.15, 0.2) is 34.7 Å². The first-order valence-corrected chi connectivity index (χ1v) is 5.04. The molecule has 0 fully saturated rings. The lowest BCUT2D eigenvalue weighted by molar-refractivity contribution is -0.736. The number of aromatic nitrogens is 2. The molecule has 0 unspecified atom stereocenters. The van der Waals surface area contributed by atoms with Gasteiger partial charge >= 0.3 is 13.1 Å². The van der Waals surface area contributed by atoms with Gasteiger partial charge in [0, 0.05) is 10.7 Å². The highest BCUT2D eigenvalue weighted by atomic mass is 19.5. The first kappa shape index (κ1) is 14.2. The fourth-order valence-corrected chi connectivity index (χ4v) is 1.13. The van der Waals surface area contributed by atoms with Crippen LogP contribution in [0, 0.1) is 6.92 Å². The van der Waals surface area contributed by atoms with Crippen LogP contribution < -0.4 is 4.68 Å². The Kier molecular flexibility index (Phi) is 4.46. The van der Waals surface area contributed by atoms with Crippen molar-refractivity contribution >= 4 is 7.25 Å². The van der Waals surface area contributed by atoms with E-state index >= 15 is 0 Å². The maximum atomic E-state index is 9.75. The zero-order valence-electron chi connectivity index (χ0n) is 9.78. The minimum Gasteiger partial charge on any atom is -0.418 e. The molecule has 0 aliphatic heterocycles. The van der Waals surface area contributed by atoms with Gasteiger partial charge in [0.25, 0.3) is 5.89 Å². The lowest BCUT2D eigenvalue weighted by Gasteiger charge is -1.94.